The molecular formula is C47H53ClN8O8S. The van der Waals surface area contributed by atoms with E-state index in [-0.39, 0.29) is 29.3 Å². The number of aromatic nitrogens is 2. The molecule has 5 heterocycles. The zero-order chi connectivity index (χ0) is 45.3. The molecule has 0 radical (unpaired) electrons. The van der Waals surface area contributed by atoms with Gasteiger partial charge in [-0.25, -0.2) is 13.1 Å². The zero-order valence-electron chi connectivity index (χ0n) is 36.5. The summed E-state index contributed by atoms with van der Waals surface area (Å²) in [5.74, 6) is -0.504. The third-order valence-electron chi connectivity index (χ3n) is 12.7. The smallest absolute Gasteiger partial charge is 0.293 e. The monoisotopic (exact) mass is 924 g/mol. The van der Waals surface area contributed by atoms with Crippen molar-refractivity contribution in [3.8, 4) is 5.88 Å². The molecule has 0 spiro atoms. The Hall–Kier alpha value is -5.72. The number of piperazine rings is 1. The third kappa shape index (κ3) is 9.94. The number of H-pyrrole nitrogens is 1. The molecule has 1 atom stereocenters. The lowest BCUT2D eigenvalue weighted by atomic mass is 9.72. The Morgan fingerprint density at radius 2 is 1.80 bits per heavy atom. The van der Waals surface area contributed by atoms with Crippen LogP contribution in [0.3, 0.4) is 0 Å². The highest BCUT2D eigenvalue weighted by atomic mass is 35.5. The lowest BCUT2D eigenvalue weighted by molar-refractivity contribution is -0.384. The number of carbonyl (C=O) groups excluding carboxylic acids is 1. The van der Waals surface area contributed by atoms with Crippen LogP contribution in [0, 0.1) is 15.5 Å². The van der Waals surface area contributed by atoms with Crippen LogP contribution in [0.1, 0.15) is 55.5 Å². The molecular weight excluding hydrogens is 872 g/mol. The SMILES string of the molecule is CC1(C)CCC(CN2CCN(c3ccc(C(=O)NS(=O)(=O)c4ccc(NCC5COCCO5)c([N+](=O)[O-])c4)c(N4CCCOc5nc6[nH]ccc6cc54)c3)CC2)=C(c2ccc(Cl)cc2)C1. The molecule has 342 valence electrons. The highest BCUT2D eigenvalue weighted by molar-refractivity contribution is 7.90. The van der Waals surface area contributed by atoms with Crippen molar-refractivity contribution >= 4 is 72.6 Å². The topological polar surface area (TPSA) is 185 Å². The Balaban J connectivity index is 0.986. The maximum Gasteiger partial charge on any atom is 0.293 e. The predicted molar refractivity (Wildman–Crippen MR) is 251 cm³/mol. The van der Waals surface area contributed by atoms with Crippen molar-refractivity contribution in [2.24, 2.45) is 5.41 Å². The van der Waals surface area contributed by atoms with Crippen LogP contribution in [0.15, 0.2) is 89.5 Å². The molecule has 1 amide bonds. The molecule has 5 aromatic rings. The van der Waals surface area contributed by atoms with E-state index in [0.717, 1.165) is 74.1 Å². The first-order valence-electron chi connectivity index (χ1n) is 22.1. The lowest BCUT2D eigenvalue weighted by Crippen LogP contribution is -2.47. The minimum atomic E-state index is -4.59. The number of amides is 1. The highest BCUT2D eigenvalue weighted by Gasteiger charge is 2.32. The number of carbonyl (C=O) groups is 1. The maximum atomic E-state index is 14.4. The second-order valence-corrected chi connectivity index (χ2v) is 19.9. The molecule has 1 unspecified atom stereocenters. The Bertz CT molecular complexity index is 2730. The van der Waals surface area contributed by atoms with Gasteiger partial charge in [0.2, 0.25) is 5.88 Å². The molecule has 0 saturated carbocycles. The van der Waals surface area contributed by atoms with E-state index in [9.17, 15) is 23.3 Å². The number of hydrogen-bond acceptors (Lipinski definition) is 13. The first kappa shape index (κ1) is 44.5. The van der Waals surface area contributed by atoms with Crippen LogP contribution in [0.25, 0.3) is 16.6 Å². The number of nitro groups is 1. The summed E-state index contributed by atoms with van der Waals surface area (Å²) in [5.41, 5.74) is 6.73. The average Bonchev–Trinajstić information content (AvgIpc) is 3.66. The van der Waals surface area contributed by atoms with Crippen molar-refractivity contribution in [2.75, 3.05) is 87.4 Å². The van der Waals surface area contributed by atoms with Crippen molar-refractivity contribution < 1.29 is 32.3 Å². The average molecular weight is 926 g/mol. The molecule has 9 rings (SSSR count). The molecule has 2 fully saturated rings. The molecule has 0 bridgehead atoms. The summed E-state index contributed by atoms with van der Waals surface area (Å²) in [5, 5.41) is 16.7. The lowest BCUT2D eigenvalue weighted by Gasteiger charge is -2.39. The number of halogens is 1. The highest BCUT2D eigenvalue weighted by Crippen LogP contribution is 2.44. The number of anilines is 4. The van der Waals surface area contributed by atoms with E-state index in [1.165, 1.54) is 28.8 Å². The van der Waals surface area contributed by atoms with Crippen molar-refractivity contribution in [3.63, 3.8) is 0 Å². The third-order valence-corrected chi connectivity index (χ3v) is 14.3. The van der Waals surface area contributed by atoms with Gasteiger partial charge in [0.25, 0.3) is 21.6 Å². The van der Waals surface area contributed by atoms with Crippen LogP contribution < -0.4 is 24.6 Å². The van der Waals surface area contributed by atoms with E-state index in [2.05, 4.69) is 50.8 Å². The fraction of sp³-hybridized carbons (Fsp3) is 0.404. The Morgan fingerprint density at radius 3 is 2.57 bits per heavy atom. The van der Waals surface area contributed by atoms with Gasteiger partial charge < -0.3 is 34.3 Å². The summed E-state index contributed by atoms with van der Waals surface area (Å²) in [6.07, 6.45) is 5.26. The Labute approximate surface area is 383 Å². The number of fused-ring (bicyclic) bond motifs is 2. The van der Waals surface area contributed by atoms with E-state index in [1.54, 1.807) is 12.3 Å². The van der Waals surface area contributed by atoms with E-state index in [0.29, 0.717) is 62.3 Å². The normalized spacial score (nSPS) is 19.3. The van der Waals surface area contributed by atoms with E-state index >= 15 is 0 Å². The van der Waals surface area contributed by atoms with Crippen molar-refractivity contribution in [1.82, 2.24) is 19.6 Å². The Kier molecular flexibility index (Phi) is 12.8. The fourth-order valence-electron chi connectivity index (χ4n) is 9.14. The number of pyridine rings is 1. The quantitative estimate of drug-likeness (QED) is 0.0815. The number of sulfonamides is 1. The minimum absolute atomic E-state index is 0.0994. The number of hydrogen-bond donors (Lipinski definition) is 3. The van der Waals surface area contributed by atoms with Gasteiger partial charge in [-0.3, -0.25) is 19.8 Å². The van der Waals surface area contributed by atoms with Crippen LogP contribution in [-0.2, 0) is 19.5 Å². The van der Waals surface area contributed by atoms with Gasteiger partial charge in [0, 0.05) is 74.2 Å². The van der Waals surface area contributed by atoms with E-state index in [4.69, 9.17) is 30.8 Å². The molecule has 2 saturated heterocycles. The molecule has 65 heavy (non-hydrogen) atoms. The van der Waals surface area contributed by atoms with Crippen LogP contribution in [0.2, 0.25) is 5.02 Å². The van der Waals surface area contributed by atoms with Crippen molar-refractivity contribution in [3.05, 3.63) is 111 Å². The predicted octanol–water partition coefficient (Wildman–Crippen LogP) is 7.78. The van der Waals surface area contributed by atoms with Gasteiger partial charge in [0.1, 0.15) is 17.0 Å². The van der Waals surface area contributed by atoms with Gasteiger partial charge in [-0.05, 0) is 96.8 Å². The summed E-state index contributed by atoms with van der Waals surface area (Å²) in [7, 11) is -4.59. The van der Waals surface area contributed by atoms with Crippen molar-refractivity contribution in [2.45, 2.75) is 50.5 Å². The number of nitrogens with zero attached hydrogens (tertiary/aromatic N) is 5. The summed E-state index contributed by atoms with van der Waals surface area (Å²) in [4.78, 5) is 40.1. The summed E-state index contributed by atoms with van der Waals surface area (Å²) in [6.45, 7) is 11.0. The van der Waals surface area contributed by atoms with Crippen LogP contribution >= 0.6 is 11.6 Å². The standard InChI is InChI=1S/C47H53ClN8O8S/c1-47(2)14-12-33(39(27-47)31-4-6-34(48)7-5-31)29-53-17-19-54(20-18-53)35-8-10-38(41(25-35)55-16-3-21-64-46-43(55)24-32-13-15-49-44(32)51-46)45(57)52-65(60,61)37-9-11-40(42(26-37)56(58)59)50-28-36-30-62-22-23-63-36/h4-11,13,15,24-26,36,50H,3,12,14,16-23,27-30H2,1-2H3,(H,49,51)(H,52,57). The molecule has 3 N–H and O–H groups in total. The second kappa shape index (κ2) is 18.6. The van der Waals surface area contributed by atoms with Gasteiger partial charge in [0.05, 0.1) is 53.6 Å². The molecule has 4 aliphatic rings. The van der Waals surface area contributed by atoms with Gasteiger partial charge in [0.15, 0.2) is 0 Å². The number of rotatable bonds is 12. The number of nitro benzene ring substituents is 1. The summed E-state index contributed by atoms with van der Waals surface area (Å²) >= 11 is 6.27. The van der Waals surface area contributed by atoms with Crippen molar-refractivity contribution in [1.29, 1.82) is 0 Å². The zero-order valence-corrected chi connectivity index (χ0v) is 38.1. The number of aromatic amines is 1. The van der Waals surface area contributed by atoms with E-state index in [1.807, 2.05) is 41.3 Å². The summed E-state index contributed by atoms with van der Waals surface area (Å²) in [6, 6.07) is 21.0. The van der Waals surface area contributed by atoms with Gasteiger partial charge in [-0.15, -0.1) is 0 Å². The number of ether oxygens (including phenoxy) is 3. The first-order valence-corrected chi connectivity index (χ1v) is 23.9. The van der Waals surface area contributed by atoms with Crippen LogP contribution in [0.5, 0.6) is 5.88 Å². The van der Waals surface area contributed by atoms with Gasteiger partial charge in [-0.2, -0.15) is 4.98 Å². The molecule has 3 aliphatic heterocycles. The number of allylic oxidation sites excluding steroid dienone is 1. The Morgan fingerprint density at radius 1 is 0.985 bits per heavy atom. The molecule has 2 aromatic heterocycles. The van der Waals surface area contributed by atoms with Crippen LogP contribution in [-0.4, -0.2) is 112 Å². The number of benzene rings is 3. The van der Waals surface area contributed by atoms with Crippen LogP contribution in [0.4, 0.5) is 28.4 Å². The molecule has 16 nitrogen and oxygen atoms in total. The summed E-state index contributed by atoms with van der Waals surface area (Å²) < 4.78 is 47.2. The molecule has 1 aliphatic carbocycles. The van der Waals surface area contributed by atoms with Gasteiger partial charge >= 0.3 is 0 Å². The second-order valence-electron chi connectivity index (χ2n) is 17.8. The van der Waals surface area contributed by atoms with Gasteiger partial charge in [-0.1, -0.05) is 43.2 Å². The maximum absolute atomic E-state index is 14.4. The van der Waals surface area contributed by atoms with E-state index < -0.39 is 31.4 Å². The molecule has 3 aromatic carbocycles. The minimum Gasteiger partial charge on any atom is -0.476 e. The largest absolute Gasteiger partial charge is 0.476 e. The first-order chi connectivity index (χ1) is 31.3. The molecule has 18 heteroatoms. The fourth-order valence-corrected chi connectivity index (χ4v) is 10.3. The number of nitrogens with one attached hydrogen (secondary N) is 3.